The van der Waals surface area contributed by atoms with Crippen molar-refractivity contribution in [2.24, 2.45) is 0 Å². The number of nitrogens with zero attached hydrogens (tertiary/aromatic N) is 2. The average molecular weight is 364 g/mol. The minimum absolute atomic E-state index is 0.0216. The zero-order valence-corrected chi connectivity index (χ0v) is 15.7. The van der Waals surface area contributed by atoms with E-state index in [9.17, 15) is 4.79 Å². The molecule has 0 saturated heterocycles. The molecule has 0 fully saturated rings. The van der Waals surface area contributed by atoms with Crippen LogP contribution in [0.2, 0.25) is 0 Å². The number of hydrogen-bond donors (Lipinski definition) is 0. The Morgan fingerprint density at radius 3 is 2.73 bits per heavy atom. The van der Waals surface area contributed by atoms with E-state index < -0.39 is 0 Å². The fourth-order valence-electron chi connectivity index (χ4n) is 3.32. The van der Waals surface area contributed by atoms with Gasteiger partial charge in [-0.25, -0.2) is 4.98 Å². The maximum Gasteiger partial charge on any atom is 0.262 e. The summed E-state index contributed by atoms with van der Waals surface area (Å²) < 4.78 is 6.93. The van der Waals surface area contributed by atoms with Crippen molar-refractivity contribution in [3.05, 3.63) is 64.0 Å². The largest absolute Gasteiger partial charge is 0.383 e. The molecule has 0 atom stereocenters. The number of rotatable bonds is 5. The Bertz CT molecular complexity index is 1140. The Balaban J connectivity index is 1.93. The molecule has 5 heteroatoms. The van der Waals surface area contributed by atoms with Crippen LogP contribution >= 0.6 is 11.3 Å². The monoisotopic (exact) mass is 364 g/mol. The molecule has 26 heavy (non-hydrogen) atoms. The van der Waals surface area contributed by atoms with Crippen molar-refractivity contribution in [2.75, 3.05) is 13.7 Å². The lowest BCUT2D eigenvalue weighted by molar-refractivity contribution is 0.185. The minimum Gasteiger partial charge on any atom is -0.383 e. The fraction of sp³-hybridized carbons (Fsp3) is 0.238. The molecule has 0 aliphatic heterocycles. The molecule has 132 valence electrons. The summed E-state index contributed by atoms with van der Waals surface area (Å²) in [4.78, 5) is 18.8. The van der Waals surface area contributed by atoms with Crippen molar-refractivity contribution >= 4 is 32.3 Å². The maximum atomic E-state index is 13.2. The predicted molar refractivity (Wildman–Crippen MR) is 108 cm³/mol. The molecular weight excluding hydrogens is 344 g/mol. The van der Waals surface area contributed by atoms with E-state index in [1.165, 1.54) is 22.1 Å². The summed E-state index contributed by atoms with van der Waals surface area (Å²) in [6.45, 7) is 3.04. The summed E-state index contributed by atoms with van der Waals surface area (Å²) in [5.74, 6) is 0.812. The second-order valence-corrected chi connectivity index (χ2v) is 7.08. The van der Waals surface area contributed by atoms with Gasteiger partial charge in [0.1, 0.15) is 10.7 Å². The van der Waals surface area contributed by atoms with Crippen molar-refractivity contribution in [1.82, 2.24) is 9.55 Å². The lowest BCUT2D eigenvalue weighted by Gasteiger charge is -2.11. The first kappa shape index (κ1) is 16.9. The smallest absolute Gasteiger partial charge is 0.262 e. The van der Waals surface area contributed by atoms with Gasteiger partial charge in [-0.1, -0.05) is 43.3 Å². The van der Waals surface area contributed by atoms with E-state index in [4.69, 9.17) is 9.72 Å². The highest BCUT2D eigenvalue weighted by Gasteiger charge is 2.16. The molecule has 0 spiro atoms. The summed E-state index contributed by atoms with van der Waals surface area (Å²) in [6.07, 6.45) is 0.720. The average Bonchev–Trinajstić information content (AvgIpc) is 3.11. The first-order chi connectivity index (χ1) is 12.7. The van der Waals surface area contributed by atoms with Crippen molar-refractivity contribution in [3.63, 3.8) is 0 Å². The maximum absolute atomic E-state index is 13.2. The van der Waals surface area contributed by atoms with Gasteiger partial charge in [0.15, 0.2) is 0 Å². The van der Waals surface area contributed by atoms with Crippen LogP contribution in [0.5, 0.6) is 0 Å². The quantitative estimate of drug-likeness (QED) is 0.524. The first-order valence-electron chi connectivity index (χ1n) is 8.72. The third-order valence-corrected chi connectivity index (χ3v) is 5.54. The number of benzene rings is 2. The van der Waals surface area contributed by atoms with Crippen LogP contribution in [-0.2, 0) is 17.7 Å². The van der Waals surface area contributed by atoms with Gasteiger partial charge in [0.2, 0.25) is 0 Å². The van der Waals surface area contributed by atoms with E-state index in [1.807, 2.05) is 24.4 Å². The summed E-state index contributed by atoms with van der Waals surface area (Å²) in [7, 11) is 1.65. The molecule has 0 aliphatic carbocycles. The van der Waals surface area contributed by atoms with Gasteiger partial charge in [0.25, 0.3) is 5.56 Å². The van der Waals surface area contributed by atoms with Crippen LogP contribution < -0.4 is 5.56 Å². The first-order valence-corrected chi connectivity index (χ1v) is 9.60. The van der Waals surface area contributed by atoms with Crippen LogP contribution in [0.3, 0.4) is 0 Å². The fourth-order valence-corrected chi connectivity index (χ4v) is 4.28. The Morgan fingerprint density at radius 1 is 1.15 bits per heavy atom. The SMILES string of the molecule is CCc1nc2scc(-c3ccc4ccccc4c3)c2c(=O)n1CCOC. The Labute approximate surface area is 155 Å². The highest BCUT2D eigenvalue weighted by Crippen LogP contribution is 2.32. The highest BCUT2D eigenvalue weighted by molar-refractivity contribution is 7.17. The zero-order chi connectivity index (χ0) is 18.1. The lowest BCUT2D eigenvalue weighted by Crippen LogP contribution is -2.26. The van der Waals surface area contributed by atoms with Gasteiger partial charge in [-0.15, -0.1) is 11.3 Å². The number of hydrogen-bond acceptors (Lipinski definition) is 4. The van der Waals surface area contributed by atoms with E-state index >= 15 is 0 Å². The molecule has 0 saturated carbocycles. The summed E-state index contributed by atoms with van der Waals surface area (Å²) in [6, 6.07) is 14.6. The van der Waals surface area contributed by atoms with E-state index in [0.717, 1.165) is 28.2 Å². The number of ether oxygens (including phenoxy) is 1. The number of methoxy groups -OCH3 is 1. The Morgan fingerprint density at radius 2 is 1.96 bits per heavy atom. The summed E-state index contributed by atoms with van der Waals surface area (Å²) >= 11 is 1.53. The molecule has 2 aromatic heterocycles. The van der Waals surface area contributed by atoms with Gasteiger partial charge in [-0.3, -0.25) is 9.36 Å². The topological polar surface area (TPSA) is 44.1 Å². The molecule has 4 rings (SSSR count). The minimum atomic E-state index is 0.0216. The van der Waals surface area contributed by atoms with E-state index in [1.54, 1.807) is 11.7 Å². The van der Waals surface area contributed by atoms with E-state index in [-0.39, 0.29) is 5.56 Å². The highest BCUT2D eigenvalue weighted by atomic mass is 32.1. The third-order valence-electron chi connectivity index (χ3n) is 4.67. The molecule has 4 aromatic rings. The van der Waals surface area contributed by atoms with Crippen LogP contribution in [0.1, 0.15) is 12.7 Å². The summed E-state index contributed by atoms with van der Waals surface area (Å²) in [5.41, 5.74) is 2.03. The molecule has 0 aliphatic rings. The van der Waals surface area contributed by atoms with E-state index in [2.05, 4.69) is 30.3 Å². The molecular formula is C21H20N2O2S. The van der Waals surface area contributed by atoms with Crippen LogP contribution in [0.25, 0.3) is 32.1 Å². The van der Waals surface area contributed by atoms with Crippen molar-refractivity contribution in [3.8, 4) is 11.1 Å². The zero-order valence-electron chi connectivity index (χ0n) is 14.9. The molecule has 4 nitrogen and oxygen atoms in total. The molecule has 2 heterocycles. The van der Waals surface area contributed by atoms with Gasteiger partial charge in [-0.2, -0.15) is 0 Å². The van der Waals surface area contributed by atoms with Crippen LogP contribution in [-0.4, -0.2) is 23.3 Å². The second-order valence-electron chi connectivity index (χ2n) is 6.22. The van der Waals surface area contributed by atoms with Gasteiger partial charge in [0, 0.05) is 24.5 Å². The van der Waals surface area contributed by atoms with Gasteiger partial charge >= 0.3 is 0 Å². The molecule has 0 unspecified atom stereocenters. The molecule has 0 bridgehead atoms. The second kappa shape index (κ2) is 7.02. The molecule has 2 aromatic carbocycles. The molecule has 0 amide bonds. The number of aromatic nitrogens is 2. The predicted octanol–water partition coefficient (Wildman–Crippen LogP) is 4.49. The summed E-state index contributed by atoms with van der Waals surface area (Å²) in [5, 5.41) is 5.11. The van der Waals surface area contributed by atoms with E-state index in [0.29, 0.717) is 18.5 Å². The standard InChI is InChI=1S/C21H20N2O2S/c1-3-18-22-20-19(21(24)23(18)10-11-25-2)17(13-26-20)16-9-8-14-6-4-5-7-15(14)12-16/h4-9,12-13H,3,10-11H2,1-2H3. The Hall–Kier alpha value is -2.50. The van der Waals surface area contributed by atoms with Crippen LogP contribution in [0.4, 0.5) is 0 Å². The third kappa shape index (κ3) is 2.83. The van der Waals surface area contributed by atoms with Gasteiger partial charge in [0.05, 0.1) is 18.5 Å². The van der Waals surface area contributed by atoms with Gasteiger partial charge < -0.3 is 4.74 Å². The molecule has 0 radical (unpaired) electrons. The number of aryl methyl sites for hydroxylation is 1. The van der Waals surface area contributed by atoms with Crippen LogP contribution in [0.15, 0.2) is 52.6 Å². The lowest BCUT2D eigenvalue weighted by atomic mass is 10.0. The van der Waals surface area contributed by atoms with Crippen molar-refractivity contribution < 1.29 is 4.74 Å². The van der Waals surface area contributed by atoms with Crippen molar-refractivity contribution in [2.45, 2.75) is 19.9 Å². The normalized spacial score (nSPS) is 11.5. The Kier molecular flexibility index (Phi) is 4.57. The number of thiophene rings is 1. The number of fused-ring (bicyclic) bond motifs is 2. The van der Waals surface area contributed by atoms with Gasteiger partial charge in [-0.05, 0) is 22.4 Å². The van der Waals surface area contributed by atoms with Crippen LogP contribution in [0, 0.1) is 0 Å². The molecule has 0 N–H and O–H groups in total. The van der Waals surface area contributed by atoms with Crippen molar-refractivity contribution in [1.29, 1.82) is 0 Å².